The highest BCUT2D eigenvalue weighted by atomic mass is 16.3. The summed E-state index contributed by atoms with van der Waals surface area (Å²) < 4.78 is 8.13. The first-order valence-corrected chi connectivity index (χ1v) is 7.52. The molecule has 3 heterocycles. The zero-order valence-corrected chi connectivity index (χ0v) is 12.6. The summed E-state index contributed by atoms with van der Waals surface area (Å²) in [5, 5.41) is 2.32. The van der Waals surface area contributed by atoms with E-state index in [4.69, 9.17) is 4.42 Å². The minimum Gasteiger partial charge on any atom is -0.435 e. The number of hydrogen-bond acceptors (Lipinski definition) is 4. The van der Waals surface area contributed by atoms with Crippen molar-refractivity contribution in [2.75, 3.05) is 38.2 Å². The number of nitrogens with one attached hydrogen (secondary N) is 1. The largest absolute Gasteiger partial charge is 0.435 e. The number of nitrogens with zero attached hydrogens (tertiary/aromatic N) is 4. The number of aromatic nitrogens is 3. The van der Waals surface area contributed by atoms with Crippen LogP contribution in [0, 0.1) is 0 Å². The van der Waals surface area contributed by atoms with Gasteiger partial charge in [-0.2, -0.15) is 0 Å². The maximum atomic E-state index is 5.99. The van der Waals surface area contributed by atoms with Gasteiger partial charge in [-0.05, 0) is 19.2 Å². The van der Waals surface area contributed by atoms with E-state index in [9.17, 15) is 0 Å². The average molecular weight is 297 g/mol. The normalized spacial score (nSPS) is 16.3. The Morgan fingerprint density at radius 1 is 1.14 bits per heavy atom. The van der Waals surface area contributed by atoms with Crippen LogP contribution in [-0.4, -0.2) is 52.8 Å². The van der Waals surface area contributed by atoms with Gasteiger partial charge in [-0.1, -0.05) is 12.1 Å². The number of para-hydroxylation sites is 2. The second-order valence-electron chi connectivity index (χ2n) is 5.61. The van der Waals surface area contributed by atoms with E-state index in [0.717, 1.165) is 43.0 Å². The van der Waals surface area contributed by atoms with E-state index < -0.39 is 0 Å². The highest BCUT2D eigenvalue weighted by Crippen LogP contribution is 2.21. The van der Waals surface area contributed by atoms with Crippen LogP contribution < -0.4 is 5.01 Å². The molecule has 0 saturated carbocycles. The molecule has 3 aliphatic heterocycles. The molecule has 1 N–H and O–H groups in total. The van der Waals surface area contributed by atoms with Crippen molar-refractivity contribution in [2.45, 2.75) is 0 Å². The first-order valence-electron chi connectivity index (χ1n) is 7.52. The van der Waals surface area contributed by atoms with Crippen LogP contribution in [0.5, 0.6) is 0 Å². The third-order valence-electron chi connectivity index (χ3n) is 4.11. The van der Waals surface area contributed by atoms with E-state index in [1.165, 1.54) is 0 Å². The van der Waals surface area contributed by atoms with Crippen LogP contribution in [0.1, 0.15) is 0 Å². The van der Waals surface area contributed by atoms with Gasteiger partial charge in [0.1, 0.15) is 5.69 Å². The maximum Gasteiger partial charge on any atom is 0.247 e. The maximum absolute atomic E-state index is 5.99. The van der Waals surface area contributed by atoms with Gasteiger partial charge in [-0.3, -0.25) is 4.68 Å². The summed E-state index contributed by atoms with van der Waals surface area (Å²) in [7, 11) is 2.16. The number of H-pyrrole nitrogens is 1. The summed E-state index contributed by atoms with van der Waals surface area (Å²) in [5.41, 5.74) is 2.68. The van der Waals surface area contributed by atoms with E-state index in [2.05, 4.69) is 31.6 Å². The molecule has 0 aromatic heterocycles. The summed E-state index contributed by atoms with van der Waals surface area (Å²) >= 11 is 0. The second kappa shape index (κ2) is 5.38. The quantitative estimate of drug-likeness (QED) is 0.747. The molecule has 3 aliphatic rings. The van der Waals surface area contributed by atoms with Crippen LogP contribution in [0.2, 0.25) is 0 Å². The summed E-state index contributed by atoms with van der Waals surface area (Å²) in [6, 6.07) is 7.89. The number of likely N-dealkylation sites (N-methyl/N-ethyl adjacent to an activating group) is 1. The topological polar surface area (TPSA) is 53.2 Å². The number of fused-ring (bicyclic) bond motifs is 2. The van der Waals surface area contributed by atoms with Crippen LogP contribution in [0.4, 0.5) is 0 Å². The van der Waals surface area contributed by atoms with Crippen LogP contribution in [0.3, 0.4) is 0 Å². The first kappa shape index (κ1) is 13.2. The number of hydrogen-bond donors (Lipinski definition) is 1. The number of piperazine rings is 1. The first-order chi connectivity index (χ1) is 10.8. The molecular weight excluding hydrogens is 278 g/mol. The molecule has 0 unspecified atom stereocenters. The summed E-state index contributed by atoms with van der Waals surface area (Å²) in [4.78, 5) is 10.1. The average Bonchev–Trinajstić information content (AvgIpc) is 2.74. The fourth-order valence-electron chi connectivity index (χ4n) is 2.80. The van der Waals surface area contributed by atoms with Gasteiger partial charge in [0.25, 0.3) is 0 Å². The SMILES string of the molecule is CN1CCN(n2ccnc3oc4ccccc4[nH]cc2-3)CC1. The Morgan fingerprint density at radius 2 is 1.95 bits per heavy atom. The van der Waals surface area contributed by atoms with E-state index >= 15 is 0 Å². The minimum absolute atomic E-state index is 0.624. The molecular formula is C16H19N5O. The molecule has 0 amide bonds. The Morgan fingerprint density at radius 3 is 2.82 bits per heavy atom. The Balaban J connectivity index is 1.84. The van der Waals surface area contributed by atoms with Crippen molar-refractivity contribution >= 4 is 11.1 Å². The van der Waals surface area contributed by atoms with E-state index in [1.54, 1.807) is 6.20 Å². The van der Waals surface area contributed by atoms with Crippen molar-refractivity contribution in [3.05, 3.63) is 42.9 Å². The van der Waals surface area contributed by atoms with Gasteiger partial charge in [-0.25, -0.2) is 4.98 Å². The van der Waals surface area contributed by atoms with Gasteiger partial charge in [0.05, 0.1) is 5.52 Å². The lowest BCUT2D eigenvalue weighted by Gasteiger charge is -2.36. The standard InChI is InChI=1S/C16H19N5O/c1-19-8-10-20(11-9-19)21-7-6-17-16-14(21)12-18-13-4-2-3-5-15(13)22-16/h2-7,12,18H,8-11H2,1H3. The molecule has 114 valence electrons. The molecule has 1 aromatic rings. The molecule has 6 nitrogen and oxygen atoms in total. The fraction of sp³-hybridized carbons (Fsp3) is 0.312. The van der Waals surface area contributed by atoms with Gasteiger partial charge in [0.15, 0.2) is 5.58 Å². The number of benzene rings is 1. The fourth-order valence-corrected chi connectivity index (χ4v) is 2.80. The Bertz CT molecular complexity index is 792. The zero-order chi connectivity index (χ0) is 14.9. The summed E-state index contributed by atoms with van der Waals surface area (Å²) in [6.07, 6.45) is 5.74. The van der Waals surface area contributed by atoms with Gasteiger partial charge in [-0.15, -0.1) is 0 Å². The van der Waals surface area contributed by atoms with Crippen LogP contribution in [0.25, 0.3) is 22.7 Å². The molecule has 0 spiro atoms. The van der Waals surface area contributed by atoms with Crippen molar-refractivity contribution < 1.29 is 4.42 Å². The molecule has 1 aromatic carbocycles. The second-order valence-corrected chi connectivity index (χ2v) is 5.61. The molecule has 1 saturated heterocycles. The van der Waals surface area contributed by atoms with Crippen molar-refractivity contribution in [3.63, 3.8) is 0 Å². The van der Waals surface area contributed by atoms with Gasteiger partial charge in [0.2, 0.25) is 5.89 Å². The number of aromatic amines is 1. The lowest BCUT2D eigenvalue weighted by molar-refractivity contribution is 0.287. The van der Waals surface area contributed by atoms with E-state index in [-0.39, 0.29) is 0 Å². The highest BCUT2D eigenvalue weighted by Gasteiger charge is 2.18. The predicted molar refractivity (Wildman–Crippen MR) is 86.0 cm³/mol. The molecule has 0 atom stereocenters. The molecule has 22 heavy (non-hydrogen) atoms. The van der Waals surface area contributed by atoms with Crippen LogP contribution in [0.15, 0.2) is 47.3 Å². The Hall–Kier alpha value is -2.47. The predicted octanol–water partition coefficient (Wildman–Crippen LogP) is 2.07. The Labute approximate surface area is 128 Å². The molecule has 0 radical (unpaired) electrons. The highest BCUT2D eigenvalue weighted by molar-refractivity contribution is 5.72. The number of rotatable bonds is 1. The van der Waals surface area contributed by atoms with Crippen LogP contribution >= 0.6 is 0 Å². The zero-order valence-electron chi connectivity index (χ0n) is 12.6. The smallest absolute Gasteiger partial charge is 0.247 e. The van der Waals surface area contributed by atoms with Crippen molar-refractivity contribution in [3.8, 4) is 11.6 Å². The third kappa shape index (κ3) is 2.31. The van der Waals surface area contributed by atoms with Crippen LogP contribution in [-0.2, 0) is 0 Å². The van der Waals surface area contributed by atoms with Crippen molar-refractivity contribution in [2.24, 2.45) is 0 Å². The lowest BCUT2D eigenvalue weighted by atomic mass is 10.3. The van der Waals surface area contributed by atoms with Gasteiger partial charge in [0, 0.05) is 44.8 Å². The molecule has 0 bridgehead atoms. The third-order valence-corrected chi connectivity index (χ3v) is 4.11. The molecule has 0 aliphatic carbocycles. The molecule has 1 fully saturated rings. The van der Waals surface area contributed by atoms with Gasteiger partial charge < -0.3 is 19.3 Å². The molecule has 4 rings (SSSR count). The van der Waals surface area contributed by atoms with Crippen molar-refractivity contribution in [1.82, 2.24) is 19.5 Å². The minimum atomic E-state index is 0.624. The summed E-state index contributed by atoms with van der Waals surface area (Å²) in [5.74, 6) is 0.624. The van der Waals surface area contributed by atoms with E-state index in [0.29, 0.717) is 5.89 Å². The lowest BCUT2D eigenvalue weighted by Crippen LogP contribution is -2.50. The monoisotopic (exact) mass is 297 g/mol. The summed E-state index contributed by atoms with van der Waals surface area (Å²) in [6.45, 7) is 4.08. The molecule has 6 heteroatoms. The van der Waals surface area contributed by atoms with Crippen molar-refractivity contribution in [1.29, 1.82) is 0 Å². The van der Waals surface area contributed by atoms with E-state index in [1.807, 2.05) is 36.7 Å². The Kier molecular flexibility index (Phi) is 3.23. The van der Waals surface area contributed by atoms with Gasteiger partial charge >= 0.3 is 0 Å².